The topological polar surface area (TPSA) is 85.2 Å². The third kappa shape index (κ3) is 5.22. The minimum Gasteiger partial charge on any atom is -0.380 e. The summed E-state index contributed by atoms with van der Waals surface area (Å²) in [6.45, 7) is 13.5. The largest absolute Gasteiger partial charge is 0.380 e. The predicted molar refractivity (Wildman–Crippen MR) is 136 cm³/mol. The van der Waals surface area contributed by atoms with E-state index in [0.29, 0.717) is 23.9 Å². The lowest BCUT2D eigenvalue weighted by Gasteiger charge is -2.55. The highest BCUT2D eigenvalue weighted by Crippen LogP contribution is 2.46. The molecule has 0 bridgehead atoms. The number of ether oxygens (including phenoxy) is 1. The molecular formula is C27H45N5O4. The van der Waals surface area contributed by atoms with E-state index in [0.717, 1.165) is 71.1 Å². The van der Waals surface area contributed by atoms with Gasteiger partial charge in [0, 0.05) is 50.7 Å². The SMILES string of the molecule is CCN(CC1CCN(C(C(=O)NC(C=O)CN2CC3(COC3)C2)C(C)C)C1)C(=O)C1C(C2CC2)N1C. The van der Waals surface area contributed by atoms with Crippen LogP contribution in [0.25, 0.3) is 0 Å². The molecule has 5 rings (SSSR count). The predicted octanol–water partition coefficient (Wildman–Crippen LogP) is 0.290. The van der Waals surface area contributed by atoms with E-state index in [2.05, 4.69) is 47.8 Å². The quantitative estimate of drug-likeness (QED) is 0.303. The summed E-state index contributed by atoms with van der Waals surface area (Å²) >= 11 is 0. The van der Waals surface area contributed by atoms with Crippen molar-refractivity contribution >= 4 is 18.1 Å². The number of amides is 2. The second-order valence-corrected chi connectivity index (χ2v) is 12.6. The molecule has 0 aromatic carbocycles. The van der Waals surface area contributed by atoms with Crippen molar-refractivity contribution in [3.05, 3.63) is 0 Å². The van der Waals surface area contributed by atoms with E-state index in [1.165, 1.54) is 12.8 Å². The molecule has 1 saturated carbocycles. The van der Waals surface area contributed by atoms with Gasteiger partial charge in [0.1, 0.15) is 12.3 Å². The number of carbonyl (C=O) groups excluding carboxylic acids is 3. The zero-order valence-electron chi connectivity index (χ0n) is 22.5. The average Bonchev–Trinajstić information content (AvgIpc) is 3.68. The van der Waals surface area contributed by atoms with Gasteiger partial charge in [0.2, 0.25) is 11.8 Å². The van der Waals surface area contributed by atoms with Crippen LogP contribution in [0.4, 0.5) is 0 Å². The number of hydrogen-bond donors (Lipinski definition) is 1. The Hall–Kier alpha value is -1.55. The molecule has 1 spiro atoms. The van der Waals surface area contributed by atoms with E-state index in [1.807, 2.05) is 4.90 Å². The first kappa shape index (κ1) is 26.1. The molecule has 4 heterocycles. The molecule has 2 amide bonds. The van der Waals surface area contributed by atoms with Gasteiger partial charge in [-0.15, -0.1) is 0 Å². The lowest BCUT2D eigenvalue weighted by molar-refractivity contribution is -0.189. The van der Waals surface area contributed by atoms with Crippen LogP contribution in [-0.4, -0.2) is 128 Å². The molecule has 1 aliphatic carbocycles. The van der Waals surface area contributed by atoms with Crippen LogP contribution in [0.3, 0.4) is 0 Å². The highest BCUT2D eigenvalue weighted by molar-refractivity contribution is 5.86. The Morgan fingerprint density at radius 1 is 1.19 bits per heavy atom. The van der Waals surface area contributed by atoms with Crippen molar-refractivity contribution in [3.8, 4) is 0 Å². The lowest BCUT2D eigenvalue weighted by Crippen LogP contribution is -2.67. The second kappa shape index (κ2) is 10.3. The Balaban J connectivity index is 1.11. The summed E-state index contributed by atoms with van der Waals surface area (Å²) in [6.07, 6.45) is 4.39. The maximum Gasteiger partial charge on any atom is 0.241 e. The van der Waals surface area contributed by atoms with Crippen molar-refractivity contribution in [3.63, 3.8) is 0 Å². The van der Waals surface area contributed by atoms with Crippen LogP contribution < -0.4 is 5.32 Å². The Bertz CT molecular complexity index is 836. The Morgan fingerprint density at radius 3 is 2.47 bits per heavy atom. The van der Waals surface area contributed by atoms with E-state index in [1.54, 1.807) is 0 Å². The number of aldehydes is 1. The van der Waals surface area contributed by atoms with E-state index < -0.39 is 6.04 Å². The van der Waals surface area contributed by atoms with Gasteiger partial charge in [-0.2, -0.15) is 0 Å². The number of likely N-dealkylation sites (N-methyl/N-ethyl adjacent to an activating group) is 2. The van der Waals surface area contributed by atoms with Crippen LogP contribution in [0.1, 0.15) is 40.0 Å². The van der Waals surface area contributed by atoms with Gasteiger partial charge in [0.25, 0.3) is 0 Å². The summed E-state index contributed by atoms with van der Waals surface area (Å²) in [7, 11) is 2.08. The number of rotatable bonds is 12. The van der Waals surface area contributed by atoms with Gasteiger partial charge in [-0.25, -0.2) is 0 Å². The molecule has 0 aromatic heterocycles. The molecule has 36 heavy (non-hydrogen) atoms. The first-order valence-corrected chi connectivity index (χ1v) is 14.1. The van der Waals surface area contributed by atoms with Gasteiger partial charge in [0.15, 0.2) is 0 Å². The monoisotopic (exact) mass is 503 g/mol. The molecule has 0 radical (unpaired) electrons. The first-order chi connectivity index (χ1) is 17.2. The molecule has 5 aliphatic rings. The minimum atomic E-state index is -0.487. The summed E-state index contributed by atoms with van der Waals surface area (Å²) in [4.78, 5) is 47.1. The molecular weight excluding hydrogens is 458 g/mol. The normalized spacial score (nSPS) is 33.0. The van der Waals surface area contributed by atoms with Gasteiger partial charge in [-0.3, -0.25) is 24.3 Å². The first-order valence-electron chi connectivity index (χ1n) is 14.1. The molecule has 1 N–H and O–H groups in total. The maximum atomic E-state index is 13.3. The smallest absolute Gasteiger partial charge is 0.241 e. The van der Waals surface area contributed by atoms with Crippen LogP contribution in [0.5, 0.6) is 0 Å². The molecule has 4 aliphatic heterocycles. The van der Waals surface area contributed by atoms with Gasteiger partial charge >= 0.3 is 0 Å². The van der Waals surface area contributed by atoms with E-state index in [4.69, 9.17) is 4.74 Å². The Morgan fingerprint density at radius 2 is 1.92 bits per heavy atom. The number of likely N-dealkylation sites (tertiary alicyclic amines) is 2. The van der Waals surface area contributed by atoms with Gasteiger partial charge in [-0.05, 0) is 57.5 Å². The number of carbonyl (C=O) groups is 3. The maximum absolute atomic E-state index is 13.3. The van der Waals surface area contributed by atoms with Gasteiger partial charge in [-0.1, -0.05) is 13.8 Å². The zero-order chi connectivity index (χ0) is 25.6. The lowest BCUT2D eigenvalue weighted by atomic mass is 9.78. The number of nitrogens with one attached hydrogen (secondary N) is 1. The van der Waals surface area contributed by atoms with Crippen molar-refractivity contribution < 1.29 is 19.1 Å². The summed E-state index contributed by atoms with van der Waals surface area (Å²) in [5.74, 6) is 1.46. The highest BCUT2D eigenvalue weighted by atomic mass is 16.5. The number of hydrogen-bond acceptors (Lipinski definition) is 7. The van der Waals surface area contributed by atoms with Crippen molar-refractivity contribution in [1.82, 2.24) is 24.9 Å². The fraction of sp³-hybridized carbons (Fsp3) is 0.889. The molecule has 6 unspecified atom stereocenters. The summed E-state index contributed by atoms with van der Waals surface area (Å²) in [6, 6.07) is -0.226. The second-order valence-electron chi connectivity index (χ2n) is 12.6. The molecule has 0 aromatic rings. The van der Waals surface area contributed by atoms with E-state index in [-0.39, 0.29) is 29.8 Å². The molecule has 9 nitrogen and oxygen atoms in total. The standard InChI is InChI=1S/C27H45N5O4/c1-5-31(26(35)24-23(29(24)4)20-6-7-20)10-19-8-9-32(11-19)22(18(2)3)25(34)28-21(13-33)12-30-14-27(15-30)16-36-17-27/h13,18-24H,5-12,14-17H2,1-4H3,(H,28,34). The van der Waals surface area contributed by atoms with Crippen LogP contribution in [-0.2, 0) is 19.1 Å². The van der Waals surface area contributed by atoms with Crippen LogP contribution in [0.15, 0.2) is 0 Å². The fourth-order valence-electron chi connectivity index (χ4n) is 7.01. The summed E-state index contributed by atoms with van der Waals surface area (Å²) in [5.41, 5.74) is 0.296. The molecule has 9 heteroatoms. The zero-order valence-corrected chi connectivity index (χ0v) is 22.5. The number of nitrogens with zero attached hydrogens (tertiary/aromatic N) is 4. The fourth-order valence-corrected chi connectivity index (χ4v) is 7.01. The Kier molecular flexibility index (Phi) is 7.47. The van der Waals surface area contributed by atoms with Crippen molar-refractivity contribution in [2.75, 3.05) is 66.1 Å². The third-order valence-corrected chi connectivity index (χ3v) is 9.16. The molecule has 6 atom stereocenters. The Labute approximate surface area is 215 Å². The minimum absolute atomic E-state index is 0.0553. The summed E-state index contributed by atoms with van der Waals surface area (Å²) < 4.78 is 5.33. The van der Waals surface area contributed by atoms with Crippen LogP contribution in [0.2, 0.25) is 0 Å². The van der Waals surface area contributed by atoms with Crippen molar-refractivity contribution in [2.45, 2.75) is 64.2 Å². The van der Waals surface area contributed by atoms with Crippen molar-refractivity contribution in [2.24, 2.45) is 23.2 Å². The van der Waals surface area contributed by atoms with Gasteiger partial charge < -0.3 is 19.7 Å². The van der Waals surface area contributed by atoms with E-state index >= 15 is 0 Å². The molecule has 202 valence electrons. The summed E-state index contributed by atoms with van der Waals surface area (Å²) in [5, 5.41) is 3.03. The van der Waals surface area contributed by atoms with Crippen LogP contribution in [0, 0.1) is 23.2 Å². The third-order valence-electron chi connectivity index (χ3n) is 9.16. The highest BCUT2D eigenvalue weighted by Gasteiger charge is 2.57. The molecule has 5 fully saturated rings. The van der Waals surface area contributed by atoms with Crippen molar-refractivity contribution in [1.29, 1.82) is 0 Å². The average molecular weight is 504 g/mol. The van der Waals surface area contributed by atoms with Gasteiger partial charge in [0.05, 0.1) is 25.3 Å². The molecule has 4 saturated heterocycles. The van der Waals surface area contributed by atoms with E-state index in [9.17, 15) is 14.4 Å². The van der Waals surface area contributed by atoms with Crippen LogP contribution >= 0.6 is 0 Å².